The molecule has 0 aliphatic carbocycles. The van der Waals surface area contributed by atoms with Gasteiger partial charge in [-0.2, -0.15) is 5.10 Å². The third-order valence-corrected chi connectivity index (χ3v) is 6.46. The molecule has 4 rings (SSSR count). The SMILES string of the molecule is O=C1/C(=C/c2ccccc2O)S/C(=N\N=C\c2cc(Br)cc(Br)c2O)N1Cc1ccco1. The molecule has 0 radical (unpaired) electrons. The van der Waals surface area contributed by atoms with Gasteiger partial charge in [0.2, 0.25) is 0 Å². The van der Waals surface area contributed by atoms with Crippen LogP contribution in [0, 0.1) is 0 Å². The second kappa shape index (κ2) is 9.76. The van der Waals surface area contributed by atoms with Crippen LogP contribution in [0.1, 0.15) is 16.9 Å². The Morgan fingerprint density at radius 2 is 1.91 bits per heavy atom. The van der Waals surface area contributed by atoms with E-state index >= 15 is 0 Å². The number of amides is 1. The molecule has 32 heavy (non-hydrogen) atoms. The average molecular weight is 577 g/mol. The molecule has 1 aromatic heterocycles. The molecule has 10 heteroatoms. The highest BCUT2D eigenvalue weighted by Crippen LogP contribution is 2.35. The second-order valence-electron chi connectivity index (χ2n) is 6.59. The number of benzene rings is 2. The Bertz CT molecular complexity index is 1260. The molecule has 1 aliphatic heterocycles. The summed E-state index contributed by atoms with van der Waals surface area (Å²) in [7, 11) is 0. The fraction of sp³-hybridized carbons (Fsp3) is 0.0455. The number of rotatable bonds is 5. The molecule has 0 spiro atoms. The molecule has 0 bridgehead atoms. The summed E-state index contributed by atoms with van der Waals surface area (Å²) in [5.41, 5.74) is 0.974. The van der Waals surface area contributed by atoms with Crippen LogP contribution in [0.2, 0.25) is 0 Å². The number of hydrogen-bond acceptors (Lipinski definition) is 7. The number of carbonyl (C=O) groups excluding carboxylic acids is 1. The van der Waals surface area contributed by atoms with E-state index in [4.69, 9.17) is 4.42 Å². The van der Waals surface area contributed by atoms with Crippen molar-refractivity contribution < 1.29 is 19.4 Å². The third-order valence-electron chi connectivity index (χ3n) is 4.40. The number of halogens is 2. The minimum absolute atomic E-state index is 0.0277. The van der Waals surface area contributed by atoms with Gasteiger partial charge in [0.25, 0.3) is 5.91 Å². The molecule has 1 saturated heterocycles. The van der Waals surface area contributed by atoms with Crippen LogP contribution in [-0.4, -0.2) is 32.4 Å². The molecule has 0 atom stereocenters. The number of hydrogen-bond donors (Lipinski definition) is 2. The molecule has 2 heterocycles. The van der Waals surface area contributed by atoms with Crippen LogP contribution >= 0.6 is 43.6 Å². The minimum atomic E-state index is -0.281. The van der Waals surface area contributed by atoms with Crippen molar-refractivity contribution in [2.45, 2.75) is 6.54 Å². The van der Waals surface area contributed by atoms with Crippen molar-refractivity contribution in [2.75, 3.05) is 0 Å². The maximum Gasteiger partial charge on any atom is 0.267 e. The van der Waals surface area contributed by atoms with Gasteiger partial charge in [-0.3, -0.25) is 9.69 Å². The summed E-state index contributed by atoms with van der Waals surface area (Å²) in [5, 5.41) is 28.9. The molecule has 1 amide bonds. The van der Waals surface area contributed by atoms with Gasteiger partial charge in [0, 0.05) is 15.6 Å². The first-order chi connectivity index (χ1) is 15.4. The molecule has 7 nitrogen and oxygen atoms in total. The molecule has 0 unspecified atom stereocenters. The van der Waals surface area contributed by atoms with Crippen LogP contribution < -0.4 is 0 Å². The Morgan fingerprint density at radius 3 is 2.66 bits per heavy atom. The molecular weight excluding hydrogens is 562 g/mol. The van der Waals surface area contributed by atoms with E-state index in [2.05, 4.69) is 42.1 Å². The number of phenols is 2. The average Bonchev–Trinajstić information content (AvgIpc) is 3.37. The van der Waals surface area contributed by atoms with Gasteiger partial charge in [-0.05, 0) is 64.1 Å². The highest BCUT2D eigenvalue weighted by molar-refractivity contribution is 9.11. The van der Waals surface area contributed by atoms with Crippen LogP contribution in [0.25, 0.3) is 6.08 Å². The normalized spacial score (nSPS) is 16.7. The molecular formula is C22H15Br2N3O4S. The Hall–Kier alpha value is -2.82. The topological polar surface area (TPSA) is 98.6 Å². The molecule has 2 aromatic carbocycles. The fourth-order valence-electron chi connectivity index (χ4n) is 2.86. The second-order valence-corrected chi connectivity index (χ2v) is 9.37. The first kappa shape index (κ1) is 22.4. The van der Waals surface area contributed by atoms with E-state index in [1.165, 1.54) is 17.4 Å². The Balaban J connectivity index is 1.66. The number of amidine groups is 1. The molecule has 1 aliphatic rings. The van der Waals surface area contributed by atoms with Crippen molar-refractivity contribution in [3.05, 3.63) is 85.5 Å². The van der Waals surface area contributed by atoms with Crippen LogP contribution in [0.4, 0.5) is 0 Å². The highest BCUT2D eigenvalue weighted by Gasteiger charge is 2.34. The first-order valence-corrected chi connectivity index (χ1v) is 11.6. The summed E-state index contributed by atoms with van der Waals surface area (Å²) in [6.07, 6.45) is 4.55. The van der Waals surface area contributed by atoms with Crippen molar-refractivity contribution in [1.82, 2.24) is 4.90 Å². The van der Waals surface area contributed by atoms with Gasteiger partial charge in [0.05, 0.1) is 28.4 Å². The largest absolute Gasteiger partial charge is 0.507 e. The lowest BCUT2D eigenvalue weighted by molar-refractivity contribution is -0.122. The predicted octanol–water partition coefficient (Wildman–Crippen LogP) is 5.72. The zero-order chi connectivity index (χ0) is 22.7. The zero-order valence-electron chi connectivity index (χ0n) is 16.3. The molecule has 2 N–H and O–H groups in total. The fourth-order valence-corrected chi connectivity index (χ4v) is 5.04. The summed E-state index contributed by atoms with van der Waals surface area (Å²) < 4.78 is 6.65. The smallest absolute Gasteiger partial charge is 0.267 e. The van der Waals surface area contributed by atoms with E-state index in [1.807, 2.05) is 0 Å². The molecule has 0 saturated carbocycles. The summed E-state index contributed by atoms with van der Waals surface area (Å²) in [6, 6.07) is 13.7. The maximum atomic E-state index is 13.1. The van der Waals surface area contributed by atoms with Crippen LogP contribution in [0.15, 0.2) is 83.3 Å². The number of para-hydroxylation sites is 1. The first-order valence-electron chi connectivity index (χ1n) is 9.23. The van der Waals surface area contributed by atoms with Gasteiger partial charge in [0.1, 0.15) is 17.3 Å². The summed E-state index contributed by atoms with van der Waals surface area (Å²) >= 11 is 7.78. The lowest BCUT2D eigenvalue weighted by Crippen LogP contribution is -2.28. The van der Waals surface area contributed by atoms with Crippen molar-refractivity contribution in [1.29, 1.82) is 0 Å². The standard InChI is InChI=1S/C22H15Br2N3O4S/c23-15-8-14(20(29)17(24)10-15)11-25-26-22-27(12-16-5-3-7-31-16)21(30)19(32-22)9-13-4-1-2-6-18(13)28/h1-11,28-29H,12H2/b19-9-,25-11+,26-22-. The minimum Gasteiger partial charge on any atom is -0.507 e. The number of carbonyl (C=O) groups is 1. The van der Waals surface area contributed by atoms with Crippen LogP contribution in [0.5, 0.6) is 11.5 Å². The molecule has 3 aromatic rings. The molecule has 162 valence electrons. The Morgan fingerprint density at radius 1 is 1.09 bits per heavy atom. The Labute approximate surface area is 204 Å². The van der Waals surface area contributed by atoms with E-state index in [9.17, 15) is 15.0 Å². The summed E-state index contributed by atoms with van der Waals surface area (Å²) in [5.74, 6) is 0.412. The predicted molar refractivity (Wildman–Crippen MR) is 131 cm³/mol. The maximum absolute atomic E-state index is 13.1. The van der Waals surface area contributed by atoms with Gasteiger partial charge in [-0.25, -0.2) is 0 Å². The third kappa shape index (κ3) is 4.98. The van der Waals surface area contributed by atoms with Gasteiger partial charge in [0.15, 0.2) is 5.17 Å². The number of aromatic hydroxyl groups is 2. The Kier molecular flexibility index (Phi) is 6.83. The van der Waals surface area contributed by atoms with Gasteiger partial charge >= 0.3 is 0 Å². The van der Waals surface area contributed by atoms with Crippen molar-refractivity contribution in [3.8, 4) is 11.5 Å². The van der Waals surface area contributed by atoms with E-state index in [1.54, 1.807) is 54.6 Å². The lowest BCUT2D eigenvalue weighted by atomic mass is 10.2. The number of phenolic OH excluding ortho intramolecular Hbond substituents is 2. The van der Waals surface area contributed by atoms with Crippen molar-refractivity contribution >= 4 is 67.0 Å². The van der Waals surface area contributed by atoms with E-state index in [0.717, 1.165) is 16.2 Å². The quantitative estimate of drug-likeness (QED) is 0.230. The summed E-state index contributed by atoms with van der Waals surface area (Å²) in [4.78, 5) is 14.9. The van der Waals surface area contributed by atoms with E-state index < -0.39 is 0 Å². The van der Waals surface area contributed by atoms with Crippen molar-refractivity contribution in [2.24, 2.45) is 10.2 Å². The molecule has 1 fully saturated rings. The summed E-state index contributed by atoms with van der Waals surface area (Å²) in [6.45, 7) is 0.180. The number of nitrogens with zero attached hydrogens (tertiary/aromatic N) is 3. The van der Waals surface area contributed by atoms with E-state index in [-0.39, 0.29) is 24.0 Å². The van der Waals surface area contributed by atoms with Gasteiger partial charge < -0.3 is 14.6 Å². The van der Waals surface area contributed by atoms with E-state index in [0.29, 0.717) is 31.4 Å². The zero-order valence-corrected chi connectivity index (χ0v) is 20.3. The highest BCUT2D eigenvalue weighted by atomic mass is 79.9. The monoisotopic (exact) mass is 575 g/mol. The van der Waals surface area contributed by atoms with Crippen LogP contribution in [0.3, 0.4) is 0 Å². The van der Waals surface area contributed by atoms with Crippen LogP contribution in [-0.2, 0) is 11.3 Å². The van der Waals surface area contributed by atoms with Gasteiger partial charge in [-0.15, -0.1) is 5.10 Å². The van der Waals surface area contributed by atoms with Crippen molar-refractivity contribution in [3.63, 3.8) is 0 Å². The lowest BCUT2D eigenvalue weighted by Gasteiger charge is -2.12. The van der Waals surface area contributed by atoms with Gasteiger partial charge in [-0.1, -0.05) is 34.1 Å². The number of thioether (sulfide) groups is 1. The number of furan rings is 1.